The van der Waals surface area contributed by atoms with E-state index in [0.717, 1.165) is 25.3 Å². The predicted molar refractivity (Wildman–Crippen MR) is 110 cm³/mol. The molecule has 5 rings (SSSR count). The fourth-order valence-electron chi connectivity index (χ4n) is 4.50. The first kappa shape index (κ1) is 19.6. The molecule has 4 aliphatic rings. The van der Waals surface area contributed by atoms with Gasteiger partial charge in [0.15, 0.2) is 18.0 Å². The molecule has 1 N–H and O–H groups in total. The molecule has 11 nitrogen and oxygen atoms in total. The number of aliphatic imine (C=N–C) groups is 1. The van der Waals surface area contributed by atoms with Crippen LogP contribution in [0, 0.1) is 0 Å². The minimum atomic E-state index is -0.534. The number of carbonyl (C=O) groups excluding carboxylic acids is 3. The highest BCUT2D eigenvalue weighted by atomic mass is 16.3. The first-order valence-electron chi connectivity index (χ1n) is 10.4. The van der Waals surface area contributed by atoms with Crippen molar-refractivity contribution in [2.24, 2.45) is 4.99 Å². The number of carbonyl (C=O) groups is 3. The summed E-state index contributed by atoms with van der Waals surface area (Å²) in [6.45, 7) is 6.37. The lowest BCUT2D eigenvalue weighted by Crippen LogP contribution is -2.62. The Labute approximate surface area is 179 Å². The average molecular weight is 427 g/mol. The van der Waals surface area contributed by atoms with Gasteiger partial charge in [-0.2, -0.15) is 0 Å². The smallest absolute Gasteiger partial charge is 0.325 e. The van der Waals surface area contributed by atoms with Crippen LogP contribution in [0.3, 0.4) is 0 Å². The molecule has 0 spiro atoms. The second-order valence-corrected chi connectivity index (χ2v) is 8.13. The molecule has 0 bridgehead atoms. The number of urea groups is 1. The van der Waals surface area contributed by atoms with Crippen LogP contribution < -0.4 is 5.32 Å². The molecule has 0 aromatic carbocycles. The number of furan rings is 1. The van der Waals surface area contributed by atoms with Crippen LogP contribution in [0.15, 0.2) is 39.7 Å². The Morgan fingerprint density at radius 1 is 1.23 bits per heavy atom. The third kappa shape index (κ3) is 3.25. The Hall–Kier alpha value is -3.34. The molecule has 1 aromatic heterocycles. The van der Waals surface area contributed by atoms with Crippen LogP contribution in [0.5, 0.6) is 0 Å². The monoisotopic (exact) mass is 427 g/mol. The molecule has 0 saturated carbocycles. The Morgan fingerprint density at radius 2 is 2.00 bits per heavy atom. The first-order valence-corrected chi connectivity index (χ1v) is 10.4. The minimum absolute atomic E-state index is 0.0709. The molecule has 2 atom stereocenters. The number of rotatable bonds is 4. The van der Waals surface area contributed by atoms with E-state index in [4.69, 9.17) is 9.41 Å². The summed E-state index contributed by atoms with van der Waals surface area (Å²) in [6.07, 6.45) is 2.92. The largest absolute Gasteiger partial charge is 0.459 e. The van der Waals surface area contributed by atoms with E-state index in [1.807, 2.05) is 22.9 Å². The number of guanidine groups is 1. The maximum Gasteiger partial charge on any atom is 0.325 e. The van der Waals surface area contributed by atoms with Crippen molar-refractivity contribution in [3.8, 4) is 0 Å². The van der Waals surface area contributed by atoms with Gasteiger partial charge in [-0.15, -0.1) is 0 Å². The van der Waals surface area contributed by atoms with Gasteiger partial charge in [0.25, 0.3) is 11.8 Å². The van der Waals surface area contributed by atoms with Crippen LogP contribution in [-0.2, 0) is 4.79 Å². The predicted octanol–water partition coefficient (Wildman–Crippen LogP) is -0.238. The number of imide groups is 1. The zero-order valence-electron chi connectivity index (χ0n) is 17.5. The zero-order chi connectivity index (χ0) is 21.7. The summed E-state index contributed by atoms with van der Waals surface area (Å²) in [5, 5.41) is 2.39. The number of likely N-dealkylation sites (N-methyl/N-ethyl adjacent to an activating group) is 1. The molecular formula is C20H25N7O4. The van der Waals surface area contributed by atoms with E-state index in [0.29, 0.717) is 31.4 Å². The summed E-state index contributed by atoms with van der Waals surface area (Å²) in [7, 11) is 1.65. The summed E-state index contributed by atoms with van der Waals surface area (Å²) in [5.74, 6) is 0.684. The zero-order valence-corrected chi connectivity index (χ0v) is 17.5. The van der Waals surface area contributed by atoms with Gasteiger partial charge in [0.1, 0.15) is 0 Å². The number of allylic oxidation sites excluding steroid dienone is 1. The SMILES string of the molecule is CC1=CN2C(=NC3C2C(=O)NC(=O)N3C)N1CCN1CCN(C(=O)c2ccco2)CC1. The van der Waals surface area contributed by atoms with E-state index in [1.165, 1.54) is 11.2 Å². The summed E-state index contributed by atoms with van der Waals surface area (Å²) >= 11 is 0. The van der Waals surface area contributed by atoms with Crippen LogP contribution in [0.4, 0.5) is 4.79 Å². The highest BCUT2D eigenvalue weighted by molar-refractivity contribution is 6.04. The number of amides is 4. The van der Waals surface area contributed by atoms with Gasteiger partial charge < -0.3 is 24.0 Å². The minimum Gasteiger partial charge on any atom is -0.459 e. The molecule has 164 valence electrons. The molecule has 0 radical (unpaired) electrons. The van der Waals surface area contributed by atoms with Crippen LogP contribution in [-0.4, -0.2) is 107 Å². The second-order valence-electron chi connectivity index (χ2n) is 8.13. The molecule has 31 heavy (non-hydrogen) atoms. The summed E-state index contributed by atoms with van der Waals surface area (Å²) in [6, 6.07) is 2.45. The Balaban J connectivity index is 1.19. The number of hydrogen-bond acceptors (Lipinski definition) is 8. The van der Waals surface area contributed by atoms with E-state index in [1.54, 1.807) is 19.2 Å². The summed E-state index contributed by atoms with van der Waals surface area (Å²) < 4.78 is 5.22. The van der Waals surface area contributed by atoms with Crippen molar-refractivity contribution in [1.82, 2.24) is 29.8 Å². The molecule has 4 amide bonds. The van der Waals surface area contributed by atoms with Crippen LogP contribution >= 0.6 is 0 Å². The Morgan fingerprint density at radius 3 is 2.71 bits per heavy atom. The van der Waals surface area contributed by atoms with Crippen molar-refractivity contribution in [1.29, 1.82) is 0 Å². The number of nitrogens with zero attached hydrogens (tertiary/aromatic N) is 6. The fourth-order valence-corrected chi connectivity index (χ4v) is 4.50. The molecule has 5 heterocycles. The molecule has 11 heteroatoms. The molecular weight excluding hydrogens is 402 g/mol. The molecule has 2 saturated heterocycles. The van der Waals surface area contributed by atoms with E-state index in [-0.39, 0.29) is 11.8 Å². The number of hydrogen-bond donors (Lipinski definition) is 1. The lowest BCUT2D eigenvalue weighted by Gasteiger charge is -2.35. The van der Waals surface area contributed by atoms with Crippen molar-refractivity contribution >= 4 is 23.8 Å². The van der Waals surface area contributed by atoms with Gasteiger partial charge in [-0.05, 0) is 19.1 Å². The lowest BCUT2D eigenvalue weighted by molar-refractivity contribution is -0.126. The van der Waals surface area contributed by atoms with Gasteiger partial charge in [-0.25, -0.2) is 9.79 Å². The quantitative estimate of drug-likeness (QED) is 0.707. The van der Waals surface area contributed by atoms with Gasteiger partial charge in [-0.3, -0.25) is 19.8 Å². The van der Waals surface area contributed by atoms with Crippen molar-refractivity contribution in [2.75, 3.05) is 46.3 Å². The molecule has 1 aromatic rings. The maximum atomic E-state index is 12.4. The maximum absolute atomic E-state index is 12.4. The normalized spacial score (nSPS) is 26.0. The van der Waals surface area contributed by atoms with Crippen molar-refractivity contribution < 1.29 is 18.8 Å². The van der Waals surface area contributed by atoms with Crippen LogP contribution in [0.2, 0.25) is 0 Å². The molecule has 4 aliphatic heterocycles. The standard InChI is InChI=1S/C20H25N7O4/c1-13-12-27-15-16(23(2)20(30)22-17(15)28)21-19(27)26(13)10-7-24-5-8-25(9-6-24)18(29)14-4-3-11-31-14/h3-4,11-12,15-16H,5-10H2,1-2H3,(H,22,28,30). The van der Waals surface area contributed by atoms with Gasteiger partial charge in [0, 0.05) is 58.2 Å². The Kier molecular flexibility index (Phi) is 4.69. The van der Waals surface area contributed by atoms with E-state index >= 15 is 0 Å². The highest BCUT2D eigenvalue weighted by Gasteiger charge is 2.51. The van der Waals surface area contributed by atoms with Crippen LogP contribution in [0.25, 0.3) is 0 Å². The topological polar surface area (TPSA) is 105 Å². The lowest BCUT2D eigenvalue weighted by atomic mass is 10.1. The van der Waals surface area contributed by atoms with Gasteiger partial charge >= 0.3 is 6.03 Å². The van der Waals surface area contributed by atoms with Crippen molar-refractivity contribution in [3.63, 3.8) is 0 Å². The van der Waals surface area contributed by atoms with Crippen molar-refractivity contribution in [2.45, 2.75) is 19.1 Å². The molecule has 2 fully saturated rings. The average Bonchev–Trinajstić information content (AvgIpc) is 3.47. The third-order valence-electron chi connectivity index (χ3n) is 6.30. The second kappa shape index (κ2) is 7.41. The summed E-state index contributed by atoms with van der Waals surface area (Å²) in [5.41, 5.74) is 1.01. The van der Waals surface area contributed by atoms with Gasteiger partial charge in [-0.1, -0.05) is 0 Å². The van der Waals surface area contributed by atoms with Gasteiger partial charge in [0.05, 0.1) is 6.26 Å². The number of fused-ring (bicyclic) bond motifs is 3. The highest BCUT2D eigenvalue weighted by Crippen LogP contribution is 2.31. The first-order chi connectivity index (χ1) is 14.9. The van der Waals surface area contributed by atoms with E-state index < -0.39 is 18.2 Å². The summed E-state index contributed by atoms with van der Waals surface area (Å²) in [4.78, 5) is 51.0. The van der Waals surface area contributed by atoms with Crippen LogP contribution in [0.1, 0.15) is 17.5 Å². The molecule has 0 aliphatic carbocycles. The number of nitrogens with one attached hydrogen (secondary N) is 1. The van der Waals surface area contributed by atoms with Gasteiger partial charge in [0.2, 0.25) is 5.96 Å². The molecule has 2 unspecified atom stereocenters. The number of piperazine rings is 1. The third-order valence-corrected chi connectivity index (χ3v) is 6.30. The Bertz CT molecular complexity index is 964. The van der Waals surface area contributed by atoms with E-state index in [2.05, 4.69) is 15.1 Å². The fraction of sp³-hybridized carbons (Fsp3) is 0.500. The van der Waals surface area contributed by atoms with Crippen molar-refractivity contribution in [3.05, 3.63) is 36.1 Å². The van der Waals surface area contributed by atoms with E-state index in [9.17, 15) is 14.4 Å².